The topological polar surface area (TPSA) is 65.0 Å². The fourth-order valence-electron chi connectivity index (χ4n) is 1.76. The summed E-state index contributed by atoms with van der Waals surface area (Å²) in [5, 5.41) is 8.70. The Hall–Kier alpha value is -0.490. The molecule has 0 aliphatic carbocycles. The van der Waals surface area contributed by atoms with Crippen LogP contribution < -0.4 is 0 Å². The van der Waals surface area contributed by atoms with E-state index in [0.717, 1.165) is 0 Å². The van der Waals surface area contributed by atoms with Gasteiger partial charge in [0.05, 0.1) is 0 Å². The van der Waals surface area contributed by atoms with Gasteiger partial charge in [-0.1, -0.05) is 0 Å². The van der Waals surface area contributed by atoms with Crippen molar-refractivity contribution in [1.82, 2.24) is 0 Å². The largest absolute Gasteiger partial charge is 0.396 e. The molecule has 5 nitrogen and oxygen atoms in total. The molecule has 1 N–H and O–H groups in total. The predicted molar refractivity (Wildman–Crippen MR) is 45.4 cm³/mol. The van der Waals surface area contributed by atoms with Gasteiger partial charge in [-0.3, -0.25) is 4.79 Å². The zero-order chi connectivity index (χ0) is 10.3. The molecule has 0 amide bonds. The molecule has 2 heterocycles. The fraction of sp³-hybridized carbons (Fsp3) is 0.889. The van der Waals surface area contributed by atoms with Gasteiger partial charge in [0.2, 0.25) is 0 Å². The summed E-state index contributed by atoms with van der Waals surface area (Å²) >= 11 is 0. The summed E-state index contributed by atoms with van der Waals surface area (Å²) in [5.41, 5.74) is 0. The number of carbonyl (C=O) groups excluding carboxylic acids is 1. The Labute approximate surface area is 81.9 Å². The van der Waals surface area contributed by atoms with Gasteiger partial charge in [0.1, 0.15) is 6.10 Å². The van der Waals surface area contributed by atoms with Crippen LogP contribution in [0.1, 0.15) is 20.3 Å². The first-order valence-electron chi connectivity index (χ1n) is 4.69. The van der Waals surface area contributed by atoms with E-state index in [-0.39, 0.29) is 12.4 Å². The van der Waals surface area contributed by atoms with Crippen LogP contribution in [-0.4, -0.2) is 41.8 Å². The molecule has 0 unspecified atom stereocenters. The van der Waals surface area contributed by atoms with Crippen LogP contribution in [0, 0.1) is 0 Å². The number of ether oxygens (including phenoxy) is 3. The molecule has 3 atom stereocenters. The normalized spacial score (nSPS) is 40.2. The minimum Gasteiger partial charge on any atom is -0.396 e. The maximum absolute atomic E-state index is 11.6. The van der Waals surface area contributed by atoms with Gasteiger partial charge in [0.25, 0.3) is 0 Å². The van der Waals surface area contributed by atoms with Crippen LogP contribution in [-0.2, 0) is 19.0 Å². The Bertz CT molecular complexity index is 250. The molecule has 2 fully saturated rings. The SMILES string of the molecule is CC1(C)O[C@H]2O[C@H](CCO)C(=O)[C@@H]2O1. The van der Waals surface area contributed by atoms with Crippen LogP contribution in [0.4, 0.5) is 0 Å². The number of hydrogen-bond donors (Lipinski definition) is 1. The zero-order valence-corrected chi connectivity index (χ0v) is 8.23. The molecule has 0 aromatic carbocycles. The minimum atomic E-state index is -0.755. The maximum Gasteiger partial charge on any atom is 0.195 e. The summed E-state index contributed by atoms with van der Waals surface area (Å²) in [7, 11) is 0. The standard InChI is InChI=1S/C9H14O5/c1-9(2)13-7-6(11)5(3-4-10)12-8(7)14-9/h5,7-8,10H,3-4H2,1-2H3/t5-,7+,8-/m1/s1. The van der Waals surface area contributed by atoms with Gasteiger partial charge < -0.3 is 19.3 Å². The third kappa shape index (κ3) is 1.56. The highest BCUT2D eigenvalue weighted by Crippen LogP contribution is 2.35. The Morgan fingerprint density at radius 3 is 2.71 bits per heavy atom. The van der Waals surface area contributed by atoms with Crippen LogP contribution in [0.3, 0.4) is 0 Å². The summed E-state index contributed by atoms with van der Waals surface area (Å²) in [6.45, 7) is 3.41. The Morgan fingerprint density at radius 1 is 1.43 bits per heavy atom. The van der Waals surface area contributed by atoms with E-state index in [4.69, 9.17) is 19.3 Å². The molecule has 0 radical (unpaired) electrons. The quantitative estimate of drug-likeness (QED) is 0.672. The lowest BCUT2D eigenvalue weighted by Gasteiger charge is -2.19. The van der Waals surface area contributed by atoms with Crippen molar-refractivity contribution >= 4 is 5.78 Å². The van der Waals surface area contributed by atoms with Crippen molar-refractivity contribution in [2.24, 2.45) is 0 Å². The number of rotatable bonds is 2. The third-order valence-electron chi connectivity index (χ3n) is 2.35. The maximum atomic E-state index is 11.6. The third-order valence-corrected chi connectivity index (χ3v) is 2.35. The van der Waals surface area contributed by atoms with Gasteiger partial charge in [0, 0.05) is 13.0 Å². The molecule has 2 aliphatic rings. The van der Waals surface area contributed by atoms with Crippen molar-refractivity contribution in [2.45, 2.75) is 44.6 Å². The minimum absolute atomic E-state index is 0.0702. The smallest absolute Gasteiger partial charge is 0.195 e. The zero-order valence-electron chi connectivity index (χ0n) is 8.23. The van der Waals surface area contributed by atoms with Crippen LogP contribution in [0.15, 0.2) is 0 Å². The van der Waals surface area contributed by atoms with Crippen LogP contribution in [0.2, 0.25) is 0 Å². The lowest BCUT2D eigenvalue weighted by molar-refractivity contribution is -0.205. The van der Waals surface area contributed by atoms with Crippen molar-refractivity contribution in [3.8, 4) is 0 Å². The van der Waals surface area contributed by atoms with Crippen molar-refractivity contribution in [2.75, 3.05) is 6.61 Å². The highest BCUT2D eigenvalue weighted by molar-refractivity contribution is 5.89. The summed E-state index contributed by atoms with van der Waals surface area (Å²) < 4.78 is 16.1. The summed E-state index contributed by atoms with van der Waals surface area (Å²) in [6.07, 6.45) is -1.50. The molecule has 2 rings (SSSR count). The first kappa shape index (κ1) is 10.0. The first-order chi connectivity index (χ1) is 6.53. The molecule has 0 saturated carbocycles. The number of Topliss-reactive ketones (excluding diaryl/α,β-unsaturated/α-hetero) is 1. The van der Waals surface area contributed by atoms with Gasteiger partial charge >= 0.3 is 0 Å². The van der Waals surface area contributed by atoms with Gasteiger partial charge in [-0.25, -0.2) is 0 Å². The lowest BCUT2D eigenvalue weighted by Crippen LogP contribution is -2.30. The number of aliphatic hydroxyl groups is 1. The Kier molecular flexibility index (Phi) is 2.35. The number of hydrogen-bond acceptors (Lipinski definition) is 5. The van der Waals surface area contributed by atoms with Crippen molar-refractivity contribution in [1.29, 1.82) is 0 Å². The van der Waals surface area contributed by atoms with E-state index < -0.39 is 24.3 Å². The number of aliphatic hydroxyl groups excluding tert-OH is 1. The van der Waals surface area contributed by atoms with Crippen LogP contribution in [0.25, 0.3) is 0 Å². The second-order valence-corrected chi connectivity index (χ2v) is 3.96. The molecule has 0 bridgehead atoms. The number of ketones is 1. The van der Waals surface area contributed by atoms with Crippen molar-refractivity contribution in [3.05, 3.63) is 0 Å². The highest BCUT2D eigenvalue weighted by Gasteiger charge is 2.53. The molecular formula is C9H14O5. The van der Waals surface area contributed by atoms with Crippen LogP contribution in [0.5, 0.6) is 0 Å². The van der Waals surface area contributed by atoms with E-state index in [0.29, 0.717) is 6.42 Å². The molecule has 0 aromatic heterocycles. The second kappa shape index (κ2) is 3.27. The summed E-state index contributed by atoms with van der Waals surface area (Å²) in [6, 6.07) is 0. The highest BCUT2D eigenvalue weighted by atomic mass is 16.8. The number of fused-ring (bicyclic) bond motifs is 1. The molecular weight excluding hydrogens is 188 g/mol. The van der Waals surface area contributed by atoms with E-state index in [1.54, 1.807) is 13.8 Å². The monoisotopic (exact) mass is 202 g/mol. The Morgan fingerprint density at radius 2 is 2.14 bits per heavy atom. The van der Waals surface area contributed by atoms with Gasteiger partial charge in [0.15, 0.2) is 24.0 Å². The predicted octanol–water partition coefficient (Wildman–Crippen LogP) is -0.186. The molecule has 80 valence electrons. The molecule has 0 spiro atoms. The van der Waals surface area contributed by atoms with Crippen LogP contribution >= 0.6 is 0 Å². The van der Waals surface area contributed by atoms with E-state index in [9.17, 15) is 4.79 Å². The van der Waals surface area contributed by atoms with E-state index in [2.05, 4.69) is 0 Å². The molecule has 14 heavy (non-hydrogen) atoms. The van der Waals surface area contributed by atoms with Gasteiger partial charge in [-0.05, 0) is 13.8 Å². The van der Waals surface area contributed by atoms with E-state index in [1.165, 1.54) is 0 Å². The fourth-order valence-corrected chi connectivity index (χ4v) is 1.76. The van der Waals surface area contributed by atoms with Gasteiger partial charge in [-0.15, -0.1) is 0 Å². The van der Waals surface area contributed by atoms with Crippen molar-refractivity contribution in [3.63, 3.8) is 0 Å². The molecule has 0 aromatic rings. The first-order valence-corrected chi connectivity index (χ1v) is 4.69. The lowest BCUT2D eigenvalue weighted by atomic mass is 10.1. The second-order valence-electron chi connectivity index (χ2n) is 3.96. The molecule has 2 aliphatic heterocycles. The van der Waals surface area contributed by atoms with Crippen molar-refractivity contribution < 1.29 is 24.1 Å². The number of carbonyl (C=O) groups is 1. The summed E-state index contributed by atoms with van der Waals surface area (Å²) in [5.74, 6) is -0.885. The average molecular weight is 202 g/mol. The molecule has 2 saturated heterocycles. The van der Waals surface area contributed by atoms with Gasteiger partial charge in [-0.2, -0.15) is 0 Å². The van der Waals surface area contributed by atoms with E-state index in [1.807, 2.05) is 0 Å². The summed E-state index contributed by atoms with van der Waals surface area (Å²) in [4.78, 5) is 11.6. The molecule has 5 heteroatoms. The Balaban J connectivity index is 2.04. The average Bonchev–Trinajstić information content (AvgIpc) is 2.50. The van der Waals surface area contributed by atoms with E-state index >= 15 is 0 Å².